The first-order valence-corrected chi connectivity index (χ1v) is 9.71. The fourth-order valence-corrected chi connectivity index (χ4v) is 3.85. The molecule has 1 aromatic carbocycles. The van der Waals surface area contributed by atoms with Gasteiger partial charge in [-0.15, -0.1) is 0 Å². The van der Waals surface area contributed by atoms with E-state index in [2.05, 4.69) is 15.4 Å². The molecule has 2 aromatic heterocycles. The van der Waals surface area contributed by atoms with Crippen molar-refractivity contribution < 1.29 is 14.3 Å². The number of aromatic nitrogens is 2. The number of hydrogen-bond donors (Lipinski definition) is 1. The maximum atomic E-state index is 12.7. The van der Waals surface area contributed by atoms with Crippen LogP contribution in [-0.2, 0) is 4.79 Å². The minimum atomic E-state index is -0.464. The summed E-state index contributed by atoms with van der Waals surface area (Å²) in [5.41, 5.74) is 4.24. The largest absolute Gasteiger partial charge is 0.497 e. The number of carbonyl (C=O) groups excluding carboxylic acids is 2. The van der Waals surface area contributed by atoms with Crippen molar-refractivity contribution >= 4 is 57.1 Å². The number of carbonyl (C=O) groups is 2. The van der Waals surface area contributed by atoms with Crippen molar-refractivity contribution in [2.75, 3.05) is 7.11 Å². The summed E-state index contributed by atoms with van der Waals surface area (Å²) in [5.74, 6) is -0.125. The van der Waals surface area contributed by atoms with Gasteiger partial charge in [-0.3, -0.25) is 20.0 Å². The molecule has 1 aliphatic heterocycles. The summed E-state index contributed by atoms with van der Waals surface area (Å²) in [6.45, 7) is 0. The molecule has 1 N–H and O–H groups in total. The molecule has 0 aliphatic carbocycles. The zero-order valence-electron chi connectivity index (χ0n) is 15.2. The second-order valence-corrected chi connectivity index (χ2v) is 7.67. The quantitative estimate of drug-likeness (QED) is 0.511. The molecule has 2 amide bonds. The molecule has 0 radical (unpaired) electrons. The van der Waals surface area contributed by atoms with Crippen molar-refractivity contribution in [2.24, 2.45) is 0 Å². The summed E-state index contributed by atoms with van der Waals surface area (Å²) in [7, 11) is 1.61. The number of thioether (sulfide) groups is 1. The van der Waals surface area contributed by atoms with Crippen molar-refractivity contribution in [3.63, 3.8) is 0 Å². The first-order chi connectivity index (χ1) is 14.0. The van der Waals surface area contributed by atoms with Gasteiger partial charge >= 0.3 is 0 Å². The van der Waals surface area contributed by atoms with Gasteiger partial charge in [-0.05, 0) is 54.7 Å². The molecule has 0 spiro atoms. The third-order valence-corrected chi connectivity index (χ3v) is 5.43. The zero-order chi connectivity index (χ0) is 20.4. The molecule has 3 heterocycles. The third kappa shape index (κ3) is 3.96. The second-order valence-electron chi connectivity index (χ2n) is 5.99. The fraction of sp³-hybridized carbons (Fsp3) is 0.0500. The monoisotopic (exact) mass is 422 g/mol. The third-order valence-electron chi connectivity index (χ3n) is 4.13. The Morgan fingerprint density at radius 2 is 2.14 bits per heavy atom. The summed E-state index contributed by atoms with van der Waals surface area (Å²) in [6.07, 6.45) is 4.63. The molecule has 1 saturated heterocycles. The summed E-state index contributed by atoms with van der Waals surface area (Å²) < 4.78 is 5.46. The van der Waals surface area contributed by atoms with Crippen LogP contribution in [0.2, 0.25) is 0 Å². The average Bonchev–Trinajstić information content (AvgIpc) is 3.01. The predicted molar refractivity (Wildman–Crippen MR) is 115 cm³/mol. The Hall–Kier alpha value is -3.30. The zero-order valence-corrected chi connectivity index (χ0v) is 16.8. The highest BCUT2D eigenvalue weighted by molar-refractivity contribution is 8.26. The Balaban J connectivity index is 1.55. The van der Waals surface area contributed by atoms with Gasteiger partial charge in [0.1, 0.15) is 5.75 Å². The van der Waals surface area contributed by atoms with E-state index in [1.54, 1.807) is 31.5 Å². The van der Waals surface area contributed by atoms with Crippen molar-refractivity contribution in [3.8, 4) is 5.75 Å². The van der Waals surface area contributed by atoms with Gasteiger partial charge in [-0.1, -0.05) is 17.8 Å². The second kappa shape index (κ2) is 7.98. The molecule has 1 aliphatic rings. The number of benzene rings is 1. The Morgan fingerprint density at radius 1 is 1.28 bits per heavy atom. The van der Waals surface area contributed by atoms with E-state index >= 15 is 0 Å². The van der Waals surface area contributed by atoms with E-state index in [-0.39, 0.29) is 4.32 Å². The van der Waals surface area contributed by atoms with Crippen LogP contribution in [0.5, 0.6) is 5.75 Å². The number of amides is 2. The van der Waals surface area contributed by atoms with Crippen LogP contribution in [0.25, 0.3) is 17.0 Å². The van der Waals surface area contributed by atoms with E-state index in [0.717, 1.165) is 33.4 Å². The molecule has 7 nitrogen and oxygen atoms in total. The van der Waals surface area contributed by atoms with Crippen LogP contribution >= 0.6 is 24.0 Å². The van der Waals surface area contributed by atoms with Crippen LogP contribution < -0.4 is 10.2 Å². The molecule has 3 aromatic rings. The highest BCUT2D eigenvalue weighted by Gasteiger charge is 2.34. The number of hydrazine groups is 1. The maximum Gasteiger partial charge on any atom is 0.285 e. The standard InChI is InChI=1S/C20H14N4O3S2/c1-27-15-6-7-16-12(9-15)4-5-14(22-16)10-17-19(26)24(20(28)29-17)23-18(25)13-3-2-8-21-11-13/h2-11H,1H3,(H,23,25)/b17-10-. The lowest BCUT2D eigenvalue weighted by molar-refractivity contribution is -0.123. The normalized spacial score (nSPS) is 15.2. The van der Waals surface area contributed by atoms with E-state index in [1.807, 2.05) is 30.3 Å². The topological polar surface area (TPSA) is 84.4 Å². The summed E-state index contributed by atoms with van der Waals surface area (Å²) in [6, 6.07) is 12.5. The molecule has 1 fully saturated rings. The molecule has 9 heteroatoms. The van der Waals surface area contributed by atoms with Crippen molar-refractivity contribution in [3.05, 3.63) is 71.0 Å². The van der Waals surface area contributed by atoms with Crippen LogP contribution in [0.1, 0.15) is 16.1 Å². The molecular formula is C20H14N4O3S2. The molecule has 0 bridgehead atoms. The van der Waals surface area contributed by atoms with Gasteiger partial charge in [0.05, 0.1) is 28.8 Å². The lowest BCUT2D eigenvalue weighted by Crippen LogP contribution is -2.44. The van der Waals surface area contributed by atoms with Gasteiger partial charge in [-0.25, -0.2) is 4.98 Å². The van der Waals surface area contributed by atoms with Gasteiger partial charge in [0.25, 0.3) is 11.8 Å². The Labute approximate surface area is 175 Å². The smallest absolute Gasteiger partial charge is 0.285 e. The number of hydrogen-bond acceptors (Lipinski definition) is 7. The van der Waals surface area contributed by atoms with Crippen LogP contribution in [0, 0.1) is 0 Å². The number of methoxy groups -OCH3 is 1. The number of nitrogens with zero attached hydrogens (tertiary/aromatic N) is 3. The highest BCUT2D eigenvalue weighted by Crippen LogP contribution is 2.31. The number of ether oxygens (including phenoxy) is 1. The predicted octanol–water partition coefficient (Wildman–Crippen LogP) is 3.18. The summed E-state index contributed by atoms with van der Waals surface area (Å²) >= 11 is 6.35. The van der Waals surface area contributed by atoms with Gasteiger partial charge in [-0.2, -0.15) is 5.01 Å². The van der Waals surface area contributed by atoms with E-state index in [0.29, 0.717) is 16.2 Å². The number of pyridine rings is 2. The van der Waals surface area contributed by atoms with Crippen LogP contribution in [0.4, 0.5) is 0 Å². The van der Waals surface area contributed by atoms with E-state index in [9.17, 15) is 9.59 Å². The molecule has 29 heavy (non-hydrogen) atoms. The molecule has 4 rings (SSSR count). The molecule has 0 atom stereocenters. The fourth-order valence-electron chi connectivity index (χ4n) is 2.69. The van der Waals surface area contributed by atoms with Crippen molar-refractivity contribution in [1.29, 1.82) is 0 Å². The number of thiocarbonyl (C=S) groups is 1. The summed E-state index contributed by atoms with van der Waals surface area (Å²) in [5, 5.41) is 1.99. The number of fused-ring (bicyclic) bond motifs is 1. The minimum absolute atomic E-state index is 0.240. The lowest BCUT2D eigenvalue weighted by Gasteiger charge is -2.15. The maximum absolute atomic E-state index is 12.7. The average molecular weight is 422 g/mol. The van der Waals surface area contributed by atoms with Gasteiger partial charge < -0.3 is 4.74 Å². The first kappa shape index (κ1) is 19.0. The van der Waals surface area contributed by atoms with E-state index in [4.69, 9.17) is 17.0 Å². The Bertz CT molecular complexity index is 1160. The van der Waals surface area contributed by atoms with Crippen LogP contribution in [0.3, 0.4) is 0 Å². The lowest BCUT2D eigenvalue weighted by atomic mass is 10.2. The summed E-state index contributed by atoms with van der Waals surface area (Å²) in [4.78, 5) is 33.8. The van der Waals surface area contributed by atoms with E-state index in [1.165, 1.54) is 6.20 Å². The number of nitrogens with one attached hydrogen (secondary N) is 1. The first-order valence-electron chi connectivity index (χ1n) is 8.49. The molecule has 0 unspecified atom stereocenters. The number of rotatable bonds is 4. The van der Waals surface area contributed by atoms with Gasteiger partial charge in [0.15, 0.2) is 4.32 Å². The highest BCUT2D eigenvalue weighted by atomic mass is 32.2. The van der Waals surface area contributed by atoms with Gasteiger partial charge in [0.2, 0.25) is 0 Å². The van der Waals surface area contributed by atoms with E-state index < -0.39 is 11.8 Å². The van der Waals surface area contributed by atoms with Crippen LogP contribution in [-0.4, -0.2) is 38.2 Å². The van der Waals surface area contributed by atoms with Crippen molar-refractivity contribution in [2.45, 2.75) is 0 Å². The van der Waals surface area contributed by atoms with Crippen LogP contribution in [0.15, 0.2) is 59.8 Å². The van der Waals surface area contributed by atoms with Gasteiger partial charge in [0, 0.05) is 17.8 Å². The SMILES string of the molecule is COc1ccc2nc(/C=C3\SC(=S)N(NC(=O)c4cccnc4)C3=O)ccc2c1. The minimum Gasteiger partial charge on any atom is -0.497 e. The Kier molecular flexibility index (Phi) is 5.24. The molecule has 0 saturated carbocycles. The van der Waals surface area contributed by atoms with Crippen molar-refractivity contribution in [1.82, 2.24) is 20.4 Å². The molecule has 144 valence electrons. The molecular weight excluding hydrogens is 408 g/mol. The Morgan fingerprint density at radius 3 is 2.90 bits per heavy atom.